The van der Waals surface area contributed by atoms with E-state index in [9.17, 15) is 14.7 Å². The Morgan fingerprint density at radius 2 is 1.95 bits per heavy atom. The summed E-state index contributed by atoms with van der Waals surface area (Å²) in [6.45, 7) is 4.43. The zero-order valence-electron chi connectivity index (χ0n) is 11.3. The van der Waals surface area contributed by atoms with Gasteiger partial charge in [0.1, 0.15) is 6.04 Å². The molecule has 0 saturated heterocycles. The summed E-state index contributed by atoms with van der Waals surface area (Å²) in [5, 5.41) is 14.9. The van der Waals surface area contributed by atoms with Gasteiger partial charge in [0.25, 0.3) is 0 Å². The summed E-state index contributed by atoms with van der Waals surface area (Å²) in [6, 6.07) is 6.71. The number of aliphatic carboxylic acids is 1. The van der Waals surface area contributed by atoms with Crippen molar-refractivity contribution in [1.82, 2.24) is 10.6 Å². The largest absolute Gasteiger partial charge is 0.480 e. The van der Waals surface area contributed by atoms with Crippen molar-refractivity contribution in [2.24, 2.45) is 0 Å². The van der Waals surface area contributed by atoms with Crippen LogP contribution < -0.4 is 10.6 Å². The monoisotopic (exact) mass is 264 g/mol. The van der Waals surface area contributed by atoms with Gasteiger partial charge in [-0.15, -0.1) is 0 Å². The van der Waals surface area contributed by atoms with Crippen LogP contribution in [0.5, 0.6) is 0 Å². The zero-order chi connectivity index (χ0) is 14.3. The average Bonchev–Trinajstić information content (AvgIpc) is 2.34. The van der Waals surface area contributed by atoms with Crippen molar-refractivity contribution in [1.29, 1.82) is 0 Å². The Bertz CT molecular complexity index is 446. The minimum Gasteiger partial charge on any atom is -0.480 e. The SMILES string of the molecule is CC(=O)NCCCNC(C(=O)O)c1ccccc1C. The number of benzene rings is 1. The highest BCUT2D eigenvalue weighted by Crippen LogP contribution is 2.17. The number of carbonyl (C=O) groups is 2. The predicted octanol–water partition coefficient (Wildman–Crippen LogP) is 1.24. The van der Waals surface area contributed by atoms with E-state index in [2.05, 4.69) is 10.6 Å². The quantitative estimate of drug-likeness (QED) is 0.647. The molecule has 5 nitrogen and oxygen atoms in total. The van der Waals surface area contributed by atoms with Gasteiger partial charge in [0.15, 0.2) is 0 Å². The number of rotatable bonds is 7. The predicted molar refractivity (Wildman–Crippen MR) is 72.9 cm³/mol. The Balaban J connectivity index is 2.53. The molecule has 1 aromatic carbocycles. The maximum absolute atomic E-state index is 11.3. The third-order valence-electron chi connectivity index (χ3n) is 2.82. The molecule has 0 saturated carbocycles. The van der Waals surface area contributed by atoms with Crippen LogP contribution in [0.3, 0.4) is 0 Å². The lowest BCUT2D eigenvalue weighted by atomic mass is 10.0. The summed E-state index contributed by atoms with van der Waals surface area (Å²) in [4.78, 5) is 22.0. The molecule has 1 atom stereocenters. The lowest BCUT2D eigenvalue weighted by molar-refractivity contribution is -0.139. The number of hydrogen-bond acceptors (Lipinski definition) is 3. The van der Waals surface area contributed by atoms with Crippen molar-refractivity contribution in [3.05, 3.63) is 35.4 Å². The zero-order valence-corrected chi connectivity index (χ0v) is 11.3. The first-order chi connectivity index (χ1) is 9.02. The lowest BCUT2D eigenvalue weighted by Crippen LogP contribution is -2.32. The number of nitrogens with one attached hydrogen (secondary N) is 2. The van der Waals surface area contributed by atoms with Crippen molar-refractivity contribution in [3.63, 3.8) is 0 Å². The van der Waals surface area contributed by atoms with Gasteiger partial charge in [-0.2, -0.15) is 0 Å². The topological polar surface area (TPSA) is 78.4 Å². The van der Waals surface area contributed by atoms with Crippen LogP contribution in [0, 0.1) is 6.92 Å². The van der Waals surface area contributed by atoms with E-state index in [-0.39, 0.29) is 5.91 Å². The van der Waals surface area contributed by atoms with E-state index in [0.717, 1.165) is 11.1 Å². The van der Waals surface area contributed by atoms with E-state index in [4.69, 9.17) is 0 Å². The number of hydrogen-bond donors (Lipinski definition) is 3. The molecule has 0 radical (unpaired) electrons. The molecule has 0 aliphatic heterocycles. The van der Waals surface area contributed by atoms with Crippen LogP contribution in [-0.2, 0) is 9.59 Å². The third-order valence-corrected chi connectivity index (χ3v) is 2.82. The summed E-state index contributed by atoms with van der Waals surface area (Å²) in [7, 11) is 0. The fraction of sp³-hybridized carbons (Fsp3) is 0.429. The molecule has 0 spiro atoms. The molecular formula is C14H20N2O3. The van der Waals surface area contributed by atoms with Crippen LogP contribution in [0.15, 0.2) is 24.3 Å². The maximum Gasteiger partial charge on any atom is 0.325 e. The van der Waals surface area contributed by atoms with E-state index in [1.807, 2.05) is 31.2 Å². The Morgan fingerprint density at radius 1 is 1.26 bits per heavy atom. The Hall–Kier alpha value is -1.88. The van der Waals surface area contributed by atoms with Crippen molar-refractivity contribution < 1.29 is 14.7 Å². The Morgan fingerprint density at radius 3 is 2.53 bits per heavy atom. The molecule has 1 amide bonds. The summed E-state index contributed by atoms with van der Waals surface area (Å²) in [5.41, 5.74) is 1.72. The maximum atomic E-state index is 11.3. The first-order valence-electron chi connectivity index (χ1n) is 6.28. The summed E-state index contributed by atoms with van der Waals surface area (Å²) >= 11 is 0. The van der Waals surface area contributed by atoms with Gasteiger partial charge in [-0.1, -0.05) is 24.3 Å². The highest BCUT2D eigenvalue weighted by Gasteiger charge is 2.20. The number of carbonyl (C=O) groups excluding carboxylic acids is 1. The molecule has 1 unspecified atom stereocenters. The van der Waals surface area contributed by atoms with Crippen molar-refractivity contribution in [2.75, 3.05) is 13.1 Å². The van der Waals surface area contributed by atoms with Crippen molar-refractivity contribution >= 4 is 11.9 Å². The number of carboxylic acid groups (broad SMARTS) is 1. The van der Waals surface area contributed by atoms with Crippen LogP contribution in [0.25, 0.3) is 0 Å². The first kappa shape index (κ1) is 15.2. The molecule has 5 heteroatoms. The van der Waals surface area contributed by atoms with Gasteiger partial charge in [-0.3, -0.25) is 9.59 Å². The van der Waals surface area contributed by atoms with E-state index in [1.165, 1.54) is 6.92 Å². The Labute approximate surface area is 113 Å². The number of amides is 1. The second-order valence-electron chi connectivity index (χ2n) is 4.42. The minimum absolute atomic E-state index is 0.0753. The van der Waals surface area contributed by atoms with Crippen molar-refractivity contribution in [2.45, 2.75) is 26.3 Å². The van der Waals surface area contributed by atoms with E-state index in [1.54, 1.807) is 0 Å². The molecule has 0 bridgehead atoms. The summed E-state index contributed by atoms with van der Waals surface area (Å²) in [6.07, 6.45) is 0.690. The average molecular weight is 264 g/mol. The van der Waals surface area contributed by atoms with Gasteiger partial charge in [0, 0.05) is 13.5 Å². The fourth-order valence-corrected chi connectivity index (χ4v) is 1.84. The number of carboxylic acids is 1. The lowest BCUT2D eigenvalue weighted by Gasteiger charge is -2.17. The van der Waals surface area contributed by atoms with Crippen LogP contribution in [0.2, 0.25) is 0 Å². The summed E-state index contributed by atoms with van der Waals surface area (Å²) in [5.74, 6) is -0.970. The summed E-state index contributed by atoms with van der Waals surface area (Å²) < 4.78 is 0. The van der Waals surface area contributed by atoms with Gasteiger partial charge in [0.2, 0.25) is 5.91 Å². The molecule has 0 aliphatic carbocycles. The Kier molecular flexibility index (Phi) is 6.02. The first-order valence-corrected chi connectivity index (χ1v) is 6.28. The molecule has 3 N–H and O–H groups in total. The smallest absolute Gasteiger partial charge is 0.325 e. The van der Waals surface area contributed by atoms with Crippen LogP contribution in [0.1, 0.15) is 30.5 Å². The standard InChI is InChI=1S/C14H20N2O3/c1-10-6-3-4-7-12(10)13(14(18)19)16-9-5-8-15-11(2)17/h3-4,6-7,13,16H,5,8-9H2,1-2H3,(H,15,17)(H,18,19). The molecular weight excluding hydrogens is 244 g/mol. The highest BCUT2D eigenvalue weighted by atomic mass is 16.4. The van der Waals surface area contributed by atoms with Crippen LogP contribution in [-0.4, -0.2) is 30.1 Å². The second kappa shape index (κ2) is 7.53. The molecule has 0 aromatic heterocycles. The number of aryl methyl sites for hydroxylation is 1. The molecule has 1 rings (SSSR count). The molecule has 1 aromatic rings. The minimum atomic E-state index is -0.895. The van der Waals surface area contributed by atoms with Gasteiger partial charge in [-0.05, 0) is 31.0 Å². The van der Waals surface area contributed by atoms with Gasteiger partial charge < -0.3 is 15.7 Å². The highest BCUT2D eigenvalue weighted by molar-refractivity contribution is 5.76. The van der Waals surface area contributed by atoms with Gasteiger partial charge in [0.05, 0.1) is 0 Å². The van der Waals surface area contributed by atoms with E-state index < -0.39 is 12.0 Å². The second-order valence-corrected chi connectivity index (χ2v) is 4.42. The molecule has 0 aliphatic rings. The molecule has 0 heterocycles. The van der Waals surface area contributed by atoms with Crippen LogP contribution >= 0.6 is 0 Å². The molecule has 19 heavy (non-hydrogen) atoms. The fourth-order valence-electron chi connectivity index (χ4n) is 1.84. The van der Waals surface area contributed by atoms with E-state index in [0.29, 0.717) is 19.5 Å². The molecule has 0 fully saturated rings. The third kappa shape index (κ3) is 5.09. The van der Waals surface area contributed by atoms with Crippen LogP contribution in [0.4, 0.5) is 0 Å². The van der Waals surface area contributed by atoms with E-state index >= 15 is 0 Å². The normalized spacial score (nSPS) is 11.9. The van der Waals surface area contributed by atoms with Gasteiger partial charge in [-0.25, -0.2) is 0 Å². The van der Waals surface area contributed by atoms with Gasteiger partial charge >= 0.3 is 5.97 Å². The van der Waals surface area contributed by atoms with Crippen molar-refractivity contribution in [3.8, 4) is 0 Å². The molecule has 104 valence electrons.